The third kappa shape index (κ3) is 6.28. The quantitative estimate of drug-likeness (QED) is 0.380. The molecule has 0 aliphatic rings. The average molecular weight is 525 g/mol. The van der Waals surface area contributed by atoms with Crippen molar-refractivity contribution >= 4 is 79.8 Å². The number of carbonyl (C=O) groups is 1. The van der Waals surface area contributed by atoms with E-state index in [1.165, 1.54) is 11.3 Å². The lowest BCUT2D eigenvalue weighted by Gasteiger charge is -2.22. The summed E-state index contributed by atoms with van der Waals surface area (Å²) in [6.07, 6.45) is 0. The Labute approximate surface area is 206 Å². The molecule has 0 bridgehead atoms. The van der Waals surface area contributed by atoms with E-state index in [1.807, 2.05) is 19.0 Å². The molecule has 0 aliphatic heterocycles. The maximum Gasteiger partial charge on any atom is 0.266 e. The second kappa shape index (κ2) is 11.4. The van der Waals surface area contributed by atoms with Gasteiger partial charge < -0.3 is 14.4 Å². The molecule has 0 spiro atoms. The van der Waals surface area contributed by atoms with Crippen molar-refractivity contribution < 1.29 is 14.3 Å². The minimum atomic E-state index is -0.253. The molecule has 31 heavy (non-hydrogen) atoms. The Morgan fingerprint density at radius 3 is 2.42 bits per heavy atom. The van der Waals surface area contributed by atoms with Gasteiger partial charge in [0.15, 0.2) is 11.7 Å². The van der Waals surface area contributed by atoms with Crippen molar-refractivity contribution in [2.24, 2.45) is 0 Å². The van der Waals surface area contributed by atoms with Crippen LogP contribution in [0, 0.1) is 0 Å². The van der Waals surface area contributed by atoms with Gasteiger partial charge in [0.2, 0.25) is 0 Å². The van der Waals surface area contributed by atoms with Gasteiger partial charge in [-0.25, -0.2) is 4.98 Å². The minimum Gasteiger partial charge on any atom is -0.494 e. The van der Waals surface area contributed by atoms with E-state index in [1.54, 1.807) is 42.3 Å². The first-order valence-electron chi connectivity index (χ1n) is 8.96. The van der Waals surface area contributed by atoms with Crippen LogP contribution in [0.25, 0.3) is 10.2 Å². The van der Waals surface area contributed by atoms with E-state index in [2.05, 4.69) is 4.98 Å². The molecule has 3 rings (SSSR count). The number of amides is 1. The summed E-state index contributed by atoms with van der Waals surface area (Å²) < 4.78 is 11.8. The van der Waals surface area contributed by atoms with Crippen LogP contribution >= 0.6 is 58.5 Å². The molecular weight excluding hydrogens is 504 g/mol. The number of thiazole rings is 1. The number of methoxy groups -OCH3 is 1. The van der Waals surface area contributed by atoms with Crippen LogP contribution in [0.1, 0.15) is 0 Å². The lowest BCUT2D eigenvalue weighted by molar-refractivity contribution is -0.120. The fourth-order valence-electron chi connectivity index (χ4n) is 2.66. The number of aromatic nitrogens is 1. The summed E-state index contributed by atoms with van der Waals surface area (Å²) in [6, 6.07) is 8.35. The monoisotopic (exact) mass is 523 g/mol. The molecule has 2 aromatic carbocycles. The van der Waals surface area contributed by atoms with Gasteiger partial charge in [0.25, 0.3) is 5.91 Å². The van der Waals surface area contributed by atoms with Crippen molar-refractivity contribution in [2.45, 2.75) is 0 Å². The smallest absolute Gasteiger partial charge is 0.266 e. The summed E-state index contributed by atoms with van der Waals surface area (Å²) in [5.41, 5.74) is 0.620. The maximum atomic E-state index is 13.0. The molecule has 6 nitrogen and oxygen atoms in total. The van der Waals surface area contributed by atoms with Crippen molar-refractivity contribution in [3.05, 3.63) is 45.4 Å². The normalized spacial score (nSPS) is 10.8. The molecule has 0 saturated heterocycles. The van der Waals surface area contributed by atoms with Crippen molar-refractivity contribution in [3.63, 3.8) is 0 Å². The van der Waals surface area contributed by atoms with E-state index in [-0.39, 0.29) is 24.9 Å². The van der Waals surface area contributed by atoms with E-state index >= 15 is 0 Å². The fourth-order valence-corrected chi connectivity index (χ4v) is 4.42. The summed E-state index contributed by atoms with van der Waals surface area (Å²) in [4.78, 5) is 21.2. The molecule has 11 heteroatoms. The number of likely N-dealkylation sites (N-methyl/N-ethyl adjacent to an activating group) is 1. The van der Waals surface area contributed by atoms with Crippen LogP contribution < -0.4 is 14.4 Å². The van der Waals surface area contributed by atoms with Crippen LogP contribution in [0.4, 0.5) is 5.13 Å². The van der Waals surface area contributed by atoms with Crippen LogP contribution in [-0.2, 0) is 4.79 Å². The van der Waals surface area contributed by atoms with Crippen molar-refractivity contribution in [3.8, 4) is 11.5 Å². The first-order chi connectivity index (χ1) is 14.3. The number of anilines is 1. The number of nitrogens with zero attached hydrogens (tertiary/aromatic N) is 3. The Morgan fingerprint density at radius 1 is 1.06 bits per heavy atom. The summed E-state index contributed by atoms with van der Waals surface area (Å²) in [5, 5.41) is 1.91. The number of halogens is 4. The largest absolute Gasteiger partial charge is 0.494 e. The Balaban J connectivity index is 0.00000341. The van der Waals surface area contributed by atoms with Crippen molar-refractivity contribution in [1.82, 2.24) is 9.88 Å². The van der Waals surface area contributed by atoms with Gasteiger partial charge in [-0.2, -0.15) is 0 Å². The molecule has 0 aliphatic carbocycles. The third-order valence-corrected chi connectivity index (χ3v) is 6.28. The predicted molar refractivity (Wildman–Crippen MR) is 131 cm³/mol. The van der Waals surface area contributed by atoms with E-state index in [9.17, 15) is 4.79 Å². The van der Waals surface area contributed by atoms with E-state index < -0.39 is 0 Å². The second-order valence-corrected chi connectivity index (χ2v) is 8.86. The highest BCUT2D eigenvalue weighted by molar-refractivity contribution is 7.23. The highest BCUT2D eigenvalue weighted by Crippen LogP contribution is 2.38. The number of benzene rings is 2. The van der Waals surface area contributed by atoms with Crippen LogP contribution in [0.5, 0.6) is 11.5 Å². The maximum absolute atomic E-state index is 13.0. The Kier molecular flexibility index (Phi) is 9.48. The molecular formula is C20H21Cl4N3O3S. The van der Waals surface area contributed by atoms with Gasteiger partial charge in [0.05, 0.1) is 21.9 Å². The van der Waals surface area contributed by atoms with Gasteiger partial charge in [-0.3, -0.25) is 9.69 Å². The SMILES string of the molecule is COc1ccc(Cl)c2sc(N(CCN(C)C)C(=O)COc3ccc(Cl)cc3Cl)nc12.Cl. The first kappa shape index (κ1) is 25.8. The first-order valence-corrected chi connectivity index (χ1v) is 10.9. The van der Waals surface area contributed by atoms with E-state index in [0.717, 1.165) is 4.70 Å². The average Bonchev–Trinajstić information content (AvgIpc) is 3.13. The molecule has 0 atom stereocenters. The lowest BCUT2D eigenvalue weighted by Crippen LogP contribution is -2.39. The standard InChI is InChI=1S/C20H20Cl3N3O3S.ClH/c1-25(2)8-9-26(17(27)11-29-15-6-4-12(21)10-14(15)23)20-24-18-16(28-3)7-5-13(22)19(18)30-20;/h4-7,10H,8-9,11H2,1-3H3;1H. The van der Waals surface area contributed by atoms with Crippen LogP contribution in [0.15, 0.2) is 30.3 Å². The minimum absolute atomic E-state index is 0. The molecule has 168 valence electrons. The molecule has 1 amide bonds. The fraction of sp³-hybridized carbons (Fsp3) is 0.300. The number of ether oxygens (including phenoxy) is 2. The molecule has 1 aromatic heterocycles. The molecule has 0 unspecified atom stereocenters. The highest BCUT2D eigenvalue weighted by Gasteiger charge is 2.23. The Bertz CT molecular complexity index is 1060. The van der Waals surface area contributed by atoms with Gasteiger partial charge in [-0.05, 0) is 44.4 Å². The second-order valence-electron chi connectivity index (χ2n) is 6.64. The van der Waals surface area contributed by atoms with Gasteiger partial charge in [-0.1, -0.05) is 46.1 Å². The molecule has 3 aromatic rings. The number of carbonyl (C=O) groups excluding carboxylic acids is 1. The third-order valence-electron chi connectivity index (χ3n) is 4.21. The molecule has 0 fully saturated rings. The van der Waals surface area contributed by atoms with Crippen LogP contribution in [0.3, 0.4) is 0 Å². The number of hydrogen-bond donors (Lipinski definition) is 0. The van der Waals surface area contributed by atoms with Gasteiger partial charge in [-0.15, -0.1) is 12.4 Å². The lowest BCUT2D eigenvalue weighted by atomic mass is 10.3. The van der Waals surface area contributed by atoms with Crippen LogP contribution in [0.2, 0.25) is 15.1 Å². The van der Waals surface area contributed by atoms with E-state index in [4.69, 9.17) is 44.3 Å². The van der Waals surface area contributed by atoms with Gasteiger partial charge in [0, 0.05) is 18.1 Å². The Hall–Kier alpha value is -1.48. The van der Waals surface area contributed by atoms with Gasteiger partial charge in [0.1, 0.15) is 17.0 Å². The molecule has 1 heterocycles. The van der Waals surface area contributed by atoms with Crippen LogP contribution in [-0.4, -0.2) is 56.7 Å². The topological polar surface area (TPSA) is 54.9 Å². The summed E-state index contributed by atoms with van der Waals surface area (Å²) >= 11 is 19.7. The zero-order chi connectivity index (χ0) is 21.8. The Morgan fingerprint density at radius 2 is 1.77 bits per heavy atom. The number of fused-ring (bicyclic) bond motifs is 1. The van der Waals surface area contributed by atoms with Crippen molar-refractivity contribution in [2.75, 3.05) is 45.8 Å². The molecule has 0 radical (unpaired) electrons. The number of rotatable bonds is 8. The van der Waals surface area contributed by atoms with Crippen molar-refractivity contribution in [1.29, 1.82) is 0 Å². The zero-order valence-electron chi connectivity index (χ0n) is 17.0. The van der Waals surface area contributed by atoms with E-state index in [0.29, 0.717) is 50.3 Å². The zero-order valence-corrected chi connectivity index (χ0v) is 20.9. The highest BCUT2D eigenvalue weighted by atomic mass is 35.5. The molecule has 0 N–H and O–H groups in total. The predicted octanol–water partition coefficient (Wildman–Crippen LogP) is 5.66. The summed E-state index contributed by atoms with van der Waals surface area (Å²) in [7, 11) is 5.44. The number of hydrogen-bond acceptors (Lipinski definition) is 6. The molecule has 0 saturated carbocycles. The summed E-state index contributed by atoms with van der Waals surface area (Å²) in [6.45, 7) is 0.882. The van der Waals surface area contributed by atoms with Gasteiger partial charge >= 0.3 is 0 Å². The summed E-state index contributed by atoms with van der Waals surface area (Å²) in [5.74, 6) is 0.731.